The fourth-order valence-corrected chi connectivity index (χ4v) is 5.83. The second-order valence-electron chi connectivity index (χ2n) is 8.94. The summed E-state index contributed by atoms with van der Waals surface area (Å²) in [5.74, 6) is -0.605. The number of carbonyl (C=O) groups excluding carboxylic acids is 2. The van der Waals surface area contributed by atoms with Crippen molar-refractivity contribution in [1.82, 2.24) is 10.2 Å². The molecule has 2 amide bonds. The summed E-state index contributed by atoms with van der Waals surface area (Å²) in [5, 5.41) is 2.58. The molecule has 0 saturated carbocycles. The lowest BCUT2D eigenvalue weighted by molar-refractivity contribution is -0.139. The van der Waals surface area contributed by atoms with Crippen molar-refractivity contribution in [2.24, 2.45) is 0 Å². The number of benzene rings is 3. The first kappa shape index (κ1) is 29.2. The molecule has 0 radical (unpaired) electrons. The van der Waals surface area contributed by atoms with Gasteiger partial charge in [-0.1, -0.05) is 51.8 Å². The van der Waals surface area contributed by atoms with E-state index in [0.717, 1.165) is 25.5 Å². The number of likely N-dealkylation sites (N-methyl/N-ethyl adjacent to an activating group) is 1. The van der Waals surface area contributed by atoms with Gasteiger partial charge in [-0.25, -0.2) is 8.42 Å². The number of amides is 2. The first-order chi connectivity index (χ1) is 18.0. The number of halogens is 1. The minimum atomic E-state index is -4.18. The normalized spacial score (nSPS) is 11.9. The van der Waals surface area contributed by atoms with Gasteiger partial charge in [0, 0.05) is 18.1 Å². The van der Waals surface area contributed by atoms with Crippen molar-refractivity contribution < 1.29 is 22.7 Å². The Morgan fingerprint density at radius 2 is 1.66 bits per heavy atom. The molecule has 202 valence electrons. The Kier molecular flexibility index (Phi) is 9.56. The maximum Gasteiger partial charge on any atom is 0.264 e. The predicted molar refractivity (Wildman–Crippen MR) is 152 cm³/mol. The van der Waals surface area contributed by atoms with E-state index in [1.54, 1.807) is 37.3 Å². The van der Waals surface area contributed by atoms with Crippen molar-refractivity contribution >= 4 is 43.5 Å². The topological polar surface area (TPSA) is 96.0 Å². The monoisotopic (exact) mass is 601 g/mol. The Morgan fingerprint density at radius 3 is 2.26 bits per heavy atom. The zero-order valence-electron chi connectivity index (χ0n) is 22.1. The Balaban J connectivity index is 2.11. The number of aryl methyl sites for hydroxylation is 2. The average molecular weight is 603 g/mol. The number of carbonyl (C=O) groups is 2. The molecule has 0 aromatic heterocycles. The molecule has 3 rings (SSSR count). The van der Waals surface area contributed by atoms with E-state index in [0.29, 0.717) is 5.75 Å². The highest BCUT2D eigenvalue weighted by molar-refractivity contribution is 9.10. The number of ether oxygens (including phenoxy) is 1. The van der Waals surface area contributed by atoms with Crippen molar-refractivity contribution in [2.75, 3.05) is 25.0 Å². The number of methoxy groups -OCH3 is 1. The highest BCUT2D eigenvalue weighted by Gasteiger charge is 2.33. The van der Waals surface area contributed by atoms with E-state index in [-0.39, 0.29) is 23.0 Å². The van der Waals surface area contributed by atoms with Gasteiger partial charge in [-0.15, -0.1) is 0 Å². The van der Waals surface area contributed by atoms with E-state index in [4.69, 9.17) is 4.74 Å². The Labute approximate surface area is 232 Å². The van der Waals surface area contributed by atoms with Crippen LogP contribution in [0.2, 0.25) is 0 Å². The van der Waals surface area contributed by atoms with Gasteiger partial charge in [-0.05, 0) is 68.3 Å². The Morgan fingerprint density at radius 1 is 1.00 bits per heavy atom. The number of hydrogen-bond donors (Lipinski definition) is 1. The molecule has 3 aromatic carbocycles. The molecule has 0 bridgehead atoms. The van der Waals surface area contributed by atoms with Crippen LogP contribution in [0.25, 0.3) is 0 Å². The largest absolute Gasteiger partial charge is 0.495 e. The SMILES string of the molecule is CNC(=O)C(C)N(Cc1cccc(Br)c1)C(=O)CN(c1cc(C)ccc1OC)S(=O)(=O)c1ccc(C)cc1. The molecule has 0 spiro atoms. The molecule has 38 heavy (non-hydrogen) atoms. The van der Waals surface area contributed by atoms with Crippen LogP contribution in [0, 0.1) is 13.8 Å². The fraction of sp³-hybridized carbons (Fsp3) is 0.286. The molecule has 0 heterocycles. The molecule has 0 aliphatic carbocycles. The van der Waals surface area contributed by atoms with Crippen molar-refractivity contribution in [3.63, 3.8) is 0 Å². The lowest BCUT2D eigenvalue weighted by Crippen LogP contribution is -2.50. The molecule has 8 nitrogen and oxygen atoms in total. The van der Waals surface area contributed by atoms with Crippen LogP contribution >= 0.6 is 15.9 Å². The predicted octanol–water partition coefficient (Wildman–Crippen LogP) is 4.43. The number of nitrogens with one attached hydrogen (secondary N) is 1. The molecule has 0 fully saturated rings. The number of sulfonamides is 1. The van der Waals surface area contributed by atoms with Crippen molar-refractivity contribution in [1.29, 1.82) is 0 Å². The quantitative estimate of drug-likeness (QED) is 0.371. The second-order valence-corrected chi connectivity index (χ2v) is 11.7. The van der Waals surface area contributed by atoms with Crippen molar-refractivity contribution in [3.05, 3.63) is 87.9 Å². The van der Waals surface area contributed by atoms with Crippen LogP contribution in [0.15, 0.2) is 76.1 Å². The van der Waals surface area contributed by atoms with Crippen LogP contribution in [0.5, 0.6) is 5.75 Å². The molecule has 3 aromatic rings. The molecule has 0 aliphatic heterocycles. The average Bonchev–Trinajstić information content (AvgIpc) is 2.89. The van der Waals surface area contributed by atoms with Crippen molar-refractivity contribution in [3.8, 4) is 5.75 Å². The van der Waals surface area contributed by atoms with E-state index in [1.165, 1.54) is 31.2 Å². The standard InChI is InChI=1S/C28H32BrN3O5S/c1-19-9-12-24(13-10-19)38(35,36)32(25-15-20(2)11-14-26(25)37-5)18-27(33)31(21(3)28(34)30-4)17-22-7-6-8-23(29)16-22/h6-16,21H,17-18H2,1-5H3,(H,30,34). The van der Waals surface area contributed by atoms with Gasteiger partial charge in [-0.3, -0.25) is 13.9 Å². The molecule has 1 unspecified atom stereocenters. The first-order valence-corrected chi connectivity index (χ1v) is 14.2. The summed E-state index contributed by atoms with van der Waals surface area (Å²) in [6.07, 6.45) is 0. The highest BCUT2D eigenvalue weighted by Crippen LogP contribution is 2.34. The summed E-state index contributed by atoms with van der Waals surface area (Å²) in [4.78, 5) is 27.9. The van der Waals surface area contributed by atoms with Gasteiger partial charge in [0.25, 0.3) is 10.0 Å². The smallest absolute Gasteiger partial charge is 0.264 e. The van der Waals surface area contributed by atoms with Crippen LogP contribution in [-0.2, 0) is 26.2 Å². The fourth-order valence-electron chi connectivity index (χ4n) is 3.97. The van der Waals surface area contributed by atoms with E-state index in [2.05, 4.69) is 21.2 Å². The molecular weight excluding hydrogens is 570 g/mol. The molecule has 0 saturated heterocycles. The summed E-state index contributed by atoms with van der Waals surface area (Å²) in [5.41, 5.74) is 2.71. The van der Waals surface area contributed by atoms with E-state index in [9.17, 15) is 18.0 Å². The van der Waals surface area contributed by atoms with Gasteiger partial charge >= 0.3 is 0 Å². The van der Waals surface area contributed by atoms with E-state index < -0.39 is 28.5 Å². The van der Waals surface area contributed by atoms with Gasteiger partial charge in [0.15, 0.2) is 0 Å². The lowest BCUT2D eigenvalue weighted by atomic mass is 10.1. The van der Waals surface area contributed by atoms with Gasteiger partial charge in [0.2, 0.25) is 11.8 Å². The van der Waals surface area contributed by atoms with Crippen LogP contribution in [-0.4, -0.2) is 51.9 Å². The van der Waals surface area contributed by atoms with Crippen molar-refractivity contribution in [2.45, 2.75) is 38.3 Å². The van der Waals surface area contributed by atoms with Gasteiger partial charge in [-0.2, -0.15) is 0 Å². The van der Waals surface area contributed by atoms with E-state index >= 15 is 0 Å². The van der Waals surface area contributed by atoms with Crippen LogP contribution in [0.1, 0.15) is 23.6 Å². The second kappa shape index (κ2) is 12.4. The molecule has 10 heteroatoms. The Hall–Kier alpha value is -3.37. The van der Waals surface area contributed by atoms with Gasteiger partial charge < -0.3 is 15.0 Å². The third-order valence-corrected chi connectivity index (χ3v) is 8.41. The van der Waals surface area contributed by atoms with Gasteiger partial charge in [0.05, 0.1) is 17.7 Å². The zero-order valence-corrected chi connectivity index (χ0v) is 24.5. The number of anilines is 1. The minimum absolute atomic E-state index is 0.0392. The van der Waals surface area contributed by atoms with Crippen LogP contribution < -0.4 is 14.4 Å². The molecule has 1 N–H and O–H groups in total. The molecular formula is C28H32BrN3O5S. The van der Waals surface area contributed by atoms with E-state index in [1.807, 2.05) is 38.1 Å². The summed E-state index contributed by atoms with van der Waals surface area (Å²) in [7, 11) is -1.25. The van der Waals surface area contributed by atoms with Gasteiger partial charge in [0.1, 0.15) is 18.3 Å². The Bertz CT molecular complexity index is 1410. The molecule has 1 atom stereocenters. The minimum Gasteiger partial charge on any atom is -0.495 e. The number of hydrogen-bond acceptors (Lipinski definition) is 5. The van der Waals surface area contributed by atoms with Crippen LogP contribution in [0.4, 0.5) is 5.69 Å². The summed E-state index contributed by atoms with van der Waals surface area (Å²) < 4.78 is 35.3. The summed E-state index contributed by atoms with van der Waals surface area (Å²) in [6.45, 7) is 4.87. The first-order valence-electron chi connectivity index (χ1n) is 12.0. The zero-order chi connectivity index (χ0) is 28.0. The third-order valence-electron chi connectivity index (χ3n) is 6.15. The highest BCUT2D eigenvalue weighted by atomic mass is 79.9. The van der Waals surface area contributed by atoms with Crippen LogP contribution in [0.3, 0.4) is 0 Å². The number of nitrogens with zero attached hydrogens (tertiary/aromatic N) is 2. The number of rotatable bonds is 10. The maximum absolute atomic E-state index is 14.0. The lowest BCUT2D eigenvalue weighted by Gasteiger charge is -2.32. The maximum atomic E-state index is 14.0. The summed E-state index contributed by atoms with van der Waals surface area (Å²) >= 11 is 3.44. The third kappa shape index (κ3) is 6.73. The molecule has 0 aliphatic rings. The summed E-state index contributed by atoms with van der Waals surface area (Å²) in [6, 6.07) is 18.1.